The largest absolute Gasteiger partial charge is 0.454 e. The van der Waals surface area contributed by atoms with Gasteiger partial charge in [0.25, 0.3) is 0 Å². The van der Waals surface area contributed by atoms with Gasteiger partial charge in [0.1, 0.15) is 0 Å². The van der Waals surface area contributed by atoms with Crippen LogP contribution in [0.5, 0.6) is 11.5 Å². The Balaban J connectivity index is 1.91. The summed E-state index contributed by atoms with van der Waals surface area (Å²) in [5.74, 6) is 1.49. The molecule has 1 atom stereocenters. The molecule has 0 bridgehead atoms. The maximum atomic E-state index is 11.7. The number of halogens is 1. The molecule has 20 heavy (non-hydrogen) atoms. The van der Waals surface area contributed by atoms with Gasteiger partial charge in [0.15, 0.2) is 11.5 Å². The number of fused-ring (bicyclic) bond motifs is 1. The lowest BCUT2D eigenvalue weighted by atomic mass is 10.2. The molecule has 6 heteroatoms. The van der Waals surface area contributed by atoms with Gasteiger partial charge in [-0.3, -0.25) is 4.79 Å². The third-order valence-corrected chi connectivity index (χ3v) is 3.63. The van der Waals surface area contributed by atoms with Gasteiger partial charge in [-0.2, -0.15) is 0 Å². The van der Waals surface area contributed by atoms with Crippen LogP contribution in [0.2, 0.25) is 0 Å². The maximum absolute atomic E-state index is 11.7. The van der Waals surface area contributed by atoms with Crippen LogP contribution in [0.4, 0.5) is 0 Å². The highest BCUT2D eigenvalue weighted by molar-refractivity contribution is 9.10. The van der Waals surface area contributed by atoms with E-state index < -0.39 is 0 Å². The van der Waals surface area contributed by atoms with Crippen molar-refractivity contribution >= 4 is 21.8 Å². The summed E-state index contributed by atoms with van der Waals surface area (Å²) < 4.78 is 11.6. The molecule has 1 unspecified atom stereocenters. The van der Waals surface area contributed by atoms with Crippen LogP contribution >= 0.6 is 15.9 Å². The zero-order valence-corrected chi connectivity index (χ0v) is 13.2. The summed E-state index contributed by atoms with van der Waals surface area (Å²) in [5, 5.41) is 6.06. The molecule has 0 spiro atoms. The minimum Gasteiger partial charge on any atom is -0.454 e. The fraction of sp³-hybridized carbons (Fsp3) is 0.500. The maximum Gasteiger partial charge on any atom is 0.236 e. The Hall–Kier alpha value is -1.27. The molecule has 0 saturated carbocycles. The number of hydrogen-bond donors (Lipinski definition) is 2. The van der Waals surface area contributed by atoms with E-state index in [2.05, 4.69) is 26.6 Å². The van der Waals surface area contributed by atoms with Gasteiger partial charge < -0.3 is 20.1 Å². The van der Waals surface area contributed by atoms with E-state index in [9.17, 15) is 4.79 Å². The van der Waals surface area contributed by atoms with Crippen LogP contribution in [0, 0.1) is 0 Å². The molecule has 0 saturated heterocycles. The molecular formula is C14H19BrN2O3. The van der Waals surface area contributed by atoms with Crippen molar-refractivity contribution in [3.05, 3.63) is 22.2 Å². The second-order valence-corrected chi connectivity index (χ2v) is 5.56. The highest BCUT2D eigenvalue weighted by Gasteiger charge is 2.18. The first kappa shape index (κ1) is 15.1. The Morgan fingerprint density at radius 1 is 1.45 bits per heavy atom. The van der Waals surface area contributed by atoms with Crippen LogP contribution in [0.25, 0.3) is 0 Å². The molecule has 0 aromatic heterocycles. The number of carbonyl (C=O) groups is 1. The summed E-state index contributed by atoms with van der Waals surface area (Å²) in [5.41, 5.74) is 1.04. The van der Waals surface area contributed by atoms with Crippen molar-refractivity contribution in [1.29, 1.82) is 0 Å². The fourth-order valence-corrected chi connectivity index (χ4v) is 2.49. The molecule has 5 nitrogen and oxygen atoms in total. The summed E-state index contributed by atoms with van der Waals surface area (Å²) in [6.45, 7) is 5.44. The molecule has 1 amide bonds. The fourth-order valence-electron chi connectivity index (χ4n) is 1.89. The first-order valence-corrected chi connectivity index (χ1v) is 7.50. The van der Waals surface area contributed by atoms with E-state index in [4.69, 9.17) is 9.47 Å². The smallest absolute Gasteiger partial charge is 0.236 e. The SMILES string of the molecule is CCCNC(=O)C(C)NCc1cc(Br)c2c(c1)OCO2. The first-order valence-electron chi connectivity index (χ1n) is 6.71. The van der Waals surface area contributed by atoms with Gasteiger partial charge >= 0.3 is 0 Å². The summed E-state index contributed by atoms with van der Waals surface area (Å²) in [6.07, 6.45) is 0.938. The molecule has 1 aromatic rings. The Kier molecular flexibility index (Phi) is 5.25. The molecule has 1 aliphatic rings. The average Bonchev–Trinajstić information content (AvgIpc) is 2.91. The lowest BCUT2D eigenvalue weighted by Gasteiger charge is -2.14. The zero-order chi connectivity index (χ0) is 14.5. The van der Waals surface area contributed by atoms with E-state index in [1.165, 1.54) is 0 Å². The van der Waals surface area contributed by atoms with Crippen molar-refractivity contribution in [2.24, 2.45) is 0 Å². The van der Waals surface area contributed by atoms with Gasteiger partial charge in [-0.1, -0.05) is 6.92 Å². The number of rotatable bonds is 6. The van der Waals surface area contributed by atoms with Crippen LogP contribution in [0.3, 0.4) is 0 Å². The molecule has 0 aliphatic carbocycles. The van der Waals surface area contributed by atoms with Crippen molar-refractivity contribution in [1.82, 2.24) is 10.6 Å². The van der Waals surface area contributed by atoms with Gasteiger partial charge in [-0.15, -0.1) is 0 Å². The molecule has 1 aliphatic heterocycles. The number of ether oxygens (including phenoxy) is 2. The summed E-state index contributed by atoms with van der Waals surface area (Å²) in [4.78, 5) is 11.7. The van der Waals surface area contributed by atoms with Crippen molar-refractivity contribution in [3.8, 4) is 11.5 Å². The van der Waals surface area contributed by atoms with Crippen LogP contribution in [0.15, 0.2) is 16.6 Å². The molecule has 2 N–H and O–H groups in total. The van der Waals surface area contributed by atoms with E-state index in [1.807, 2.05) is 26.0 Å². The van der Waals surface area contributed by atoms with Gasteiger partial charge in [0.2, 0.25) is 12.7 Å². The second kappa shape index (κ2) is 6.95. The Morgan fingerprint density at radius 3 is 3.00 bits per heavy atom. The van der Waals surface area contributed by atoms with E-state index >= 15 is 0 Å². The third kappa shape index (κ3) is 3.64. The van der Waals surface area contributed by atoms with E-state index in [0.717, 1.165) is 28.0 Å². The Bertz CT molecular complexity index is 494. The van der Waals surface area contributed by atoms with Gasteiger partial charge in [0, 0.05) is 13.1 Å². The zero-order valence-electron chi connectivity index (χ0n) is 11.7. The quantitative estimate of drug-likeness (QED) is 0.831. The van der Waals surface area contributed by atoms with Crippen LogP contribution in [-0.4, -0.2) is 25.3 Å². The number of hydrogen-bond acceptors (Lipinski definition) is 4. The second-order valence-electron chi connectivity index (χ2n) is 4.71. The number of benzene rings is 1. The number of carbonyl (C=O) groups excluding carboxylic acids is 1. The predicted octanol–water partition coefficient (Wildman–Crippen LogP) is 2.18. The molecule has 0 radical (unpaired) electrons. The summed E-state index contributed by atoms with van der Waals surface area (Å²) >= 11 is 3.46. The number of nitrogens with one attached hydrogen (secondary N) is 2. The van der Waals surface area contributed by atoms with E-state index in [0.29, 0.717) is 13.1 Å². The monoisotopic (exact) mass is 342 g/mol. The van der Waals surface area contributed by atoms with E-state index in [-0.39, 0.29) is 18.7 Å². The molecule has 1 aromatic carbocycles. The summed E-state index contributed by atoms with van der Waals surface area (Å²) in [6, 6.07) is 3.67. The Morgan fingerprint density at radius 2 is 2.25 bits per heavy atom. The standard InChI is InChI=1S/C14H19BrN2O3/c1-3-4-16-14(18)9(2)17-7-10-5-11(15)13-12(6-10)19-8-20-13/h5-6,9,17H,3-4,7-8H2,1-2H3,(H,16,18). The topological polar surface area (TPSA) is 59.6 Å². The van der Waals surface area contributed by atoms with Crippen molar-refractivity contribution in [2.45, 2.75) is 32.9 Å². The van der Waals surface area contributed by atoms with Gasteiger partial charge in [0.05, 0.1) is 10.5 Å². The molecule has 110 valence electrons. The molecular weight excluding hydrogens is 324 g/mol. The first-order chi connectivity index (χ1) is 9.61. The van der Waals surface area contributed by atoms with Crippen molar-refractivity contribution < 1.29 is 14.3 Å². The highest BCUT2D eigenvalue weighted by Crippen LogP contribution is 2.39. The van der Waals surface area contributed by atoms with Crippen LogP contribution in [0.1, 0.15) is 25.8 Å². The van der Waals surface area contributed by atoms with Crippen LogP contribution < -0.4 is 20.1 Å². The van der Waals surface area contributed by atoms with Crippen molar-refractivity contribution in [2.75, 3.05) is 13.3 Å². The molecule has 0 fully saturated rings. The third-order valence-electron chi connectivity index (χ3n) is 3.04. The van der Waals surface area contributed by atoms with Gasteiger partial charge in [-0.05, 0) is 47.0 Å². The van der Waals surface area contributed by atoms with Crippen LogP contribution in [-0.2, 0) is 11.3 Å². The summed E-state index contributed by atoms with van der Waals surface area (Å²) in [7, 11) is 0. The van der Waals surface area contributed by atoms with E-state index in [1.54, 1.807) is 0 Å². The molecule has 2 rings (SSSR count). The lowest BCUT2D eigenvalue weighted by Crippen LogP contribution is -2.42. The van der Waals surface area contributed by atoms with Crippen molar-refractivity contribution in [3.63, 3.8) is 0 Å². The lowest BCUT2D eigenvalue weighted by molar-refractivity contribution is -0.122. The Labute approximate surface area is 127 Å². The highest BCUT2D eigenvalue weighted by atomic mass is 79.9. The predicted molar refractivity (Wildman–Crippen MR) is 79.9 cm³/mol. The number of amides is 1. The minimum atomic E-state index is -0.231. The average molecular weight is 343 g/mol. The molecule has 1 heterocycles. The van der Waals surface area contributed by atoms with Gasteiger partial charge in [-0.25, -0.2) is 0 Å². The normalized spacial score (nSPS) is 14.2. The minimum absolute atomic E-state index is 0.0201.